The van der Waals surface area contributed by atoms with Crippen molar-refractivity contribution in [3.8, 4) is 0 Å². The zero-order valence-electron chi connectivity index (χ0n) is 8.51. The smallest absolute Gasteiger partial charge is 0.245 e. The van der Waals surface area contributed by atoms with Crippen LogP contribution in [-0.2, 0) is 19.5 Å². The Hall–Kier alpha value is -0.677. The molecule has 0 aromatic rings. The van der Waals surface area contributed by atoms with Crippen LogP contribution in [0.4, 0.5) is 0 Å². The van der Waals surface area contributed by atoms with Crippen molar-refractivity contribution in [2.24, 2.45) is 11.8 Å². The molecule has 0 aliphatic heterocycles. The average Bonchev–Trinajstić information content (AvgIpc) is 2.69. The molecule has 2 aliphatic rings. The van der Waals surface area contributed by atoms with Crippen molar-refractivity contribution in [3.63, 3.8) is 0 Å². The zero-order chi connectivity index (χ0) is 10.1. The van der Waals surface area contributed by atoms with Crippen molar-refractivity contribution in [2.75, 3.05) is 0 Å². The Balaban J connectivity index is 0. The van der Waals surface area contributed by atoms with Gasteiger partial charge in [0.2, 0.25) is 0 Å². The Morgan fingerprint density at radius 3 is 1.21 bits per heavy atom. The predicted molar refractivity (Wildman–Crippen MR) is 61.0 cm³/mol. The summed E-state index contributed by atoms with van der Waals surface area (Å²) < 4.78 is 0. The number of hydrogen-bond acceptors (Lipinski definition) is 0. The largest absolute Gasteiger partial charge is 2.00 e. The van der Waals surface area contributed by atoms with E-state index in [1.807, 2.05) is 0 Å². The molecule has 0 N–H and O–H groups in total. The molecule has 0 aromatic carbocycles. The molecule has 0 nitrogen and oxygen atoms in total. The van der Waals surface area contributed by atoms with Crippen LogP contribution in [0.15, 0.2) is 49.6 Å². The molecule has 0 fully saturated rings. The van der Waals surface area contributed by atoms with E-state index in [1.54, 1.807) is 0 Å². The average molecular weight is 275 g/mol. The molecule has 1 heteroatoms. The van der Waals surface area contributed by atoms with Crippen LogP contribution in [0.5, 0.6) is 0 Å². The van der Waals surface area contributed by atoms with Gasteiger partial charge in [-0.25, -0.2) is 39.2 Å². The topological polar surface area (TPSA) is 0 Å². The van der Waals surface area contributed by atoms with Crippen LogP contribution in [0.2, 0.25) is 0 Å². The maximum Gasteiger partial charge on any atom is 2.00 e. The van der Waals surface area contributed by atoms with Crippen molar-refractivity contribution < 1.29 is 19.5 Å². The van der Waals surface area contributed by atoms with E-state index in [0.717, 1.165) is 11.8 Å². The summed E-state index contributed by atoms with van der Waals surface area (Å²) in [7, 11) is 0. The summed E-state index contributed by atoms with van der Waals surface area (Å²) in [5, 5.41) is 0. The molecule has 0 atom stereocenters. The molecule has 0 amide bonds. The molecule has 2 bridgehead atoms. The van der Waals surface area contributed by atoms with Gasteiger partial charge in [-0.15, -0.1) is 0 Å². The Morgan fingerprint density at radius 1 is 0.929 bits per heavy atom. The van der Waals surface area contributed by atoms with E-state index in [4.69, 9.17) is 0 Å². The fourth-order valence-electron chi connectivity index (χ4n) is 1.33. The molecule has 2 rings (SSSR count). The van der Waals surface area contributed by atoms with Crippen LogP contribution in [0.3, 0.4) is 0 Å². The van der Waals surface area contributed by atoms with E-state index >= 15 is 0 Å². The maximum atomic E-state index is 3.25. The Bertz CT molecular complexity index is 167. The Morgan fingerprint density at radius 2 is 1.14 bits per heavy atom. The number of allylic oxidation sites excluding steroid dienone is 6. The predicted octanol–water partition coefficient (Wildman–Crippen LogP) is 3.76. The maximum absolute atomic E-state index is 3.25. The normalized spacial score (nSPS) is 23.4. The third-order valence-corrected chi connectivity index (χ3v) is 1.76. The quantitative estimate of drug-likeness (QED) is 0.359. The summed E-state index contributed by atoms with van der Waals surface area (Å²) in [6.45, 7) is 13.0. The van der Waals surface area contributed by atoms with E-state index in [-0.39, 0.29) is 19.5 Å². The number of hydrogen-bond donors (Lipinski definition) is 0. The summed E-state index contributed by atoms with van der Waals surface area (Å²) in [6, 6.07) is 0. The van der Waals surface area contributed by atoms with Crippen LogP contribution in [0.1, 0.15) is 6.42 Å². The first kappa shape index (κ1) is 15.8. The third kappa shape index (κ3) is 6.80. The monoisotopic (exact) mass is 276 g/mol. The fraction of sp³-hybridized carbons (Fsp3) is 0.231. The molecular weight excluding hydrogens is 257 g/mol. The van der Waals surface area contributed by atoms with Gasteiger partial charge in [0, 0.05) is 0 Å². The molecule has 0 radical (unpaired) electrons. The summed E-state index contributed by atoms with van der Waals surface area (Å²) in [4.78, 5) is 0. The number of rotatable bonds is 0. The molecule has 0 saturated carbocycles. The molecule has 0 heterocycles. The van der Waals surface area contributed by atoms with Crippen LogP contribution in [0.25, 0.3) is 0 Å². The second-order valence-corrected chi connectivity index (χ2v) is 2.91. The van der Waals surface area contributed by atoms with Crippen molar-refractivity contribution in [1.82, 2.24) is 0 Å². The van der Waals surface area contributed by atoms with Gasteiger partial charge in [0.15, 0.2) is 0 Å². The van der Waals surface area contributed by atoms with Gasteiger partial charge in [-0.05, 0) is 18.3 Å². The Kier molecular flexibility index (Phi) is 11.7. The molecule has 0 saturated heterocycles. The van der Waals surface area contributed by atoms with Gasteiger partial charge >= 0.3 is 19.5 Å². The fourth-order valence-corrected chi connectivity index (χ4v) is 1.33. The molecule has 0 unspecified atom stereocenters. The van der Waals surface area contributed by atoms with Crippen molar-refractivity contribution in [1.29, 1.82) is 0 Å². The second kappa shape index (κ2) is 10.4. The van der Waals surface area contributed by atoms with Gasteiger partial charge in [-0.1, -0.05) is 24.3 Å². The summed E-state index contributed by atoms with van der Waals surface area (Å²) in [5.74, 6) is 1.62. The van der Waals surface area contributed by atoms with E-state index in [0.29, 0.717) is 0 Å². The van der Waals surface area contributed by atoms with Crippen molar-refractivity contribution >= 4 is 0 Å². The Labute approximate surface area is 101 Å². The van der Waals surface area contributed by atoms with Gasteiger partial charge in [-0.3, -0.25) is 0 Å². The molecule has 14 heavy (non-hydrogen) atoms. The van der Waals surface area contributed by atoms with E-state index < -0.39 is 0 Å². The van der Waals surface area contributed by atoms with E-state index in [9.17, 15) is 0 Å². The standard InChI is InChI=1S/C7H8.2C3H5.Ru/c1-2-7-4-3-6(1)5-7;2*1-3-2;/h1-4,6-7H,5H2;2*3H,1-2H2;/q;2*-1;+2. The second-order valence-electron chi connectivity index (χ2n) is 2.91. The molecule has 0 aromatic heterocycles. The minimum Gasteiger partial charge on any atom is -0.245 e. The summed E-state index contributed by atoms with van der Waals surface area (Å²) >= 11 is 0. The molecule has 2 aliphatic carbocycles. The first-order chi connectivity index (χ1) is 6.28. The SMILES string of the molecule is C1=CC2C=CC1C2.C=C[CH2-].C=C[CH2-].[Ru+2]. The van der Waals surface area contributed by atoms with Gasteiger partial charge < -0.3 is 0 Å². The first-order valence-electron chi connectivity index (χ1n) is 4.45. The van der Waals surface area contributed by atoms with Crippen molar-refractivity contribution in [3.05, 3.63) is 63.5 Å². The molecule has 78 valence electrons. The van der Waals surface area contributed by atoms with Crippen LogP contribution < -0.4 is 0 Å². The summed E-state index contributed by atoms with van der Waals surface area (Å²) in [6.07, 6.45) is 13.5. The molecule has 0 spiro atoms. The van der Waals surface area contributed by atoms with Crippen LogP contribution in [0, 0.1) is 25.7 Å². The van der Waals surface area contributed by atoms with Crippen LogP contribution in [-0.4, -0.2) is 0 Å². The number of fused-ring (bicyclic) bond motifs is 2. The third-order valence-electron chi connectivity index (χ3n) is 1.76. The van der Waals surface area contributed by atoms with Crippen LogP contribution >= 0.6 is 0 Å². The first-order valence-corrected chi connectivity index (χ1v) is 4.45. The summed E-state index contributed by atoms with van der Waals surface area (Å²) in [5.41, 5.74) is 0. The van der Waals surface area contributed by atoms with Crippen molar-refractivity contribution in [2.45, 2.75) is 6.42 Å². The van der Waals surface area contributed by atoms with Gasteiger partial charge in [0.25, 0.3) is 0 Å². The van der Waals surface area contributed by atoms with E-state index in [2.05, 4.69) is 51.3 Å². The minimum atomic E-state index is 0. The van der Waals surface area contributed by atoms with Gasteiger partial charge in [0.05, 0.1) is 0 Å². The zero-order valence-corrected chi connectivity index (χ0v) is 10.2. The van der Waals surface area contributed by atoms with E-state index in [1.165, 1.54) is 18.6 Å². The van der Waals surface area contributed by atoms with Gasteiger partial charge in [0.1, 0.15) is 0 Å². The van der Waals surface area contributed by atoms with Gasteiger partial charge in [-0.2, -0.15) is 0 Å². The minimum absolute atomic E-state index is 0. The molecular formula is C13H18Ru.